The normalized spacial score (nSPS) is 11.0. The molecule has 0 N–H and O–H groups in total. The van der Waals surface area contributed by atoms with Gasteiger partial charge >= 0.3 is 5.97 Å². The van der Waals surface area contributed by atoms with Gasteiger partial charge in [0.2, 0.25) is 0 Å². The third kappa shape index (κ3) is 23.7. The monoisotopic (exact) mass is 436 g/mol. The van der Waals surface area contributed by atoms with Gasteiger partial charge in [-0.05, 0) is 19.3 Å². The molecule has 0 spiro atoms. The van der Waals surface area contributed by atoms with Gasteiger partial charge in [0.15, 0.2) is 0 Å². The van der Waals surface area contributed by atoms with Crippen LogP contribution in [0.25, 0.3) is 0 Å². The van der Waals surface area contributed by atoms with Gasteiger partial charge in [-0.25, -0.2) is 4.79 Å². The predicted octanol–water partition coefficient (Wildman–Crippen LogP) is 10.1. The van der Waals surface area contributed by atoms with E-state index in [4.69, 9.17) is 4.74 Å². The van der Waals surface area contributed by atoms with E-state index >= 15 is 0 Å². The summed E-state index contributed by atoms with van der Waals surface area (Å²) in [6.45, 7) is 9.00. The number of unbranched alkanes of at least 4 members (excludes halogenated alkanes) is 20. The van der Waals surface area contributed by atoms with E-state index in [-0.39, 0.29) is 5.97 Å². The Hall–Kier alpha value is -0.790. The standard InChI is InChI=1S/C29H56O2/c1-4-6-8-10-12-13-14-15-16-17-18-19-20-21-22-24-26-28(3)29(30)31-27-25-23-11-9-7-5-2/h3-27H2,1-2H3. The Bertz CT molecular complexity index is 388. The average molecular weight is 437 g/mol. The molecule has 0 fully saturated rings. The molecule has 2 heteroatoms. The number of ether oxygens (including phenoxy) is 1. The van der Waals surface area contributed by atoms with Crippen molar-refractivity contribution in [3.63, 3.8) is 0 Å². The van der Waals surface area contributed by atoms with Crippen LogP contribution < -0.4 is 0 Å². The minimum Gasteiger partial charge on any atom is -0.462 e. The number of carbonyl (C=O) groups excluding carboxylic acids is 1. The van der Waals surface area contributed by atoms with Crippen molar-refractivity contribution in [2.75, 3.05) is 6.61 Å². The summed E-state index contributed by atoms with van der Waals surface area (Å²) in [4.78, 5) is 11.9. The zero-order chi connectivity index (χ0) is 22.8. The largest absolute Gasteiger partial charge is 0.462 e. The molecule has 0 saturated heterocycles. The molecule has 0 aliphatic carbocycles. The van der Waals surface area contributed by atoms with E-state index in [1.165, 1.54) is 128 Å². The molecule has 0 atom stereocenters. The van der Waals surface area contributed by atoms with E-state index in [0.29, 0.717) is 12.2 Å². The third-order valence-corrected chi connectivity index (χ3v) is 6.35. The highest BCUT2D eigenvalue weighted by Crippen LogP contribution is 2.15. The van der Waals surface area contributed by atoms with Gasteiger partial charge in [0.05, 0.1) is 6.61 Å². The van der Waals surface area contributed by atoms with Gasteiger partial charge in [-0.1, -0.05) is 149 Å². The van der Waals surface area contributed by atoms with Gasteiger partial charge in [0.1, 0.15) is 0 Å². The first-order valence-corrected chi connectivity index (χ1v) is 14.1. The number of carbonyl (C=O) groups is 1. The molecule has 0 aromatic heterocycles. The van der Waals surface area contributed by atoms with E-state index in [1.54, 1.807) is 0 Å². The van der Waals surface area contributed by atoms with Gasteiger partial charge in [-0.2, -0.15) is 0 Å². The van der Waals surface area contributed by atoms with Crippen LogP contribution in [0.1, 0.15) is 162 Å². The van der Waals surface area contributed by atoms with Crippen molar-refractivity contribution in [1.82, 2.24) is 0 Å². The lowest BCUT2D eigenvalue weighted by Gasteiger charge is -2.07. The topological polar surface area (TPSA) is 26.3 Å². The molecule has 0 saturated carbocycles. The molecule has 0 aliphatic rings. The molecule has 0 heterocycles. The van der Waals surface area contributed by atoms with Crippen LogP contribution in [0.5, 0.6) is 0 Å². The van der Waals surface area contributed by atoms with Crippen LogP contribution >= 0.6 is 0 Å². The summed E-state index contributed by atoms with van der Waals surface area (Å²) < 4.78 is 5.35. The second-order valence-corrected chi connectivity index (χ2v) is 9.56. The van der Waals surface area contributed by atoms with E-state index in [2.05, 4.69) is 20.4 Å². The van der Waals surface area contributed by atoms with Gasteiger partial charge in [-0.15, -0.1) is 0 Å². The van der Waals surface area contributed by atoms with E-state index in [0.717, 1.165) is 19.3 Å². The molecule has 0 aromatic rings. The highest BCUT2D eigenvalue weighted by molar-refractivity contribution is 5.87. The number of hydrogen-bond acceptors (Lipinski definition) is 2. The summed E-state index contributed by atoms with van der Waals surface area (Å²) in [7, 11) is 0. The van der Waals surface area contributed by atoms with E-state index in [9.17, 15) is 4.79 Å². The van der Waals surface area contributed by atoms with Crippen molar-refractivity contribution in [2.45, 2.75) is 162 Å². The minimum atomic E-state index is -0.172. The SMILES string of the molecule is C=C(CCCCCCCCCCCCCCCCCC)C(=O)OCCCCCCCC. The molecular formula is C29H56O2. The molecule has 184 valence electrons. The second-order valence-electron chi connectivity index (χ2n) is 9.56. The van der Waals surface area contributed by atoms with Crippen LogP contribution in [-0.4, -0.2) is 12.6 Å². The Morgan fingerprint density at radius 1 is 0.516 bits per heavy atom. The first kappa shape index (κ1) is 30.2. The molecule has 0 aliphatic heterocycles. The summed E-state index contributed by atoms with van der Waals surface area (Å²) in [5, 5.41) is 0. The Morgan fingerprint density at radius 2 is 0.839 bits per heavy atom. The number of hydrogen-bond donors (Lipinski definition) is 0. The Kier molecular flexibility index (Phi) is 24.8. The maximum absolute atomic E-state index is 11.9. The van der Waals surface area contributed by atoms with Crippen LogP contribution in [0.4, 0.5) is 0 Å². The lowest BCUT2D eigenvalue weighted by molar-refractivity contribution is -0.139. The van der Waals surface area contributed by atoms with Crippen molar-refractivity contribution in [3.05, 3.63) is 12.2 Å². The molecular weight excluding hydrogens is 380 g/mol. The lowest BCUT2D eigenvalue weighted by atomic mass is 10.0. The van der Waals surface area contributed by atoms with Crippen molar-refractivity contribution < 1.29 is 9.53 Å². The highest BCUT2D eigenvalue weighted by atomic mass is 16.5. The predicted molar refractivity (Wildman–Crippen MR) is 138 cm³/mol. The first-order valence-electron chi connectivity index (χ1n) is 14.1. The van der Waals surface area contributed by atoms with E-state index in [1.807, 2.05) is 0 Å². The van der Waals surface area contributed by atoms with Crippen LogP contribution in [0.15, 0.2) is 12.2 Å². The van der Waals surface area contributed by atoms with Crippen molar-refractivity contribution in [3.8, 4) is 0 Å². The molecule has 2 nitrogen and oxygen atoms in total. The van der Waals surface area contributed by atoms with Crippen LogP contribution in [0.2, 0.25) is 0 Å². The maximum atomic E-state index is 11.9. The molecule has 0 rings (SSSR count). The summed E-state index contributed by atoms with van der Waals surface area (Å²) in [5.41, 5.74) is 0.663. The zero-order valence-electron chi connectivity index (χ0n) is 21.5. The average Bonchev–Trinajstić information content (AvgIpc) is 2.77. The van der Waals surface area contributed by atoms with Gasteiger partial charge < -0.3 is 4.74 Å². The number of rotatable bonds is 25. The summed E-state index contributed by atoms with van der Waals surface area (Å²) in [6.07, 6.45) is 30.0. The fourth-order valence-corrected chi connectivity index (χ4v) is 4.14. The summed E-state index contributed by atoms with van der Waals surface area (Å²) in [6, 6.07) is 0. The Balaban J connectivity index is 3.26. The van der Waals surface area contributed by atoms with E-state index < -0.39 is 0 Å². The fraction of sp³-hybridized carbons (Fsp3) is 0.897. The van der Waals surface area contributed by atoms with Gasteiger partial charge in [0, 0.05) is 5.57 Å². The molecule has 0 amide bonds. The summed E-state index contributed by atoms with van der Waals surface area (Å²) >= 11 is 0. The van der Waals surface area contributed by atoms with Crippen molar-refractivity contribution in [1.29, 1.82) is 0 Å². The van der Waals surface area contributed by atoms with Gasteiger partial charge in [0.25, 0.3) is 0 Å². The number of esters is 1. The third-order valence-electron chi connectivity index (χ3n) is 6.35. The molecule has 0 aromatic carbocycles. The molecule has 31 heavy (non-hydrogen) atoms. The van der Waals surface area contributed by atoms with Crippen LogP contribution in [-0.2, 0) is 9.53 Å². The first-order chi connectivity index (χ1) is 15.2. The smallest absolute Gasteiger partial charge is 0.333 e. The quantitative estimate of drug-likeness (QED) is 0.0808. The van der Waals surface area contributed by atoms with Crippen molar-refractivity contribution in [2.24, 2.45) is 0 Å². The minimum absolute atomic E-state index is 0.172. The maximum Gasteiger partial charge on any atom is 0.333 e. The Labute approximate surface area is 196 Å². The van der Waals surface area contributed by atoms with Crippen LogP contribution in [0.3, 0.4) is 0 Å². The summed E-state index contributed by atoms with van der Waals surface area (Å²) in [5.74, 6) is -0.172. The molecule has 0 radical (unpaired) electrons. The lowest BCUT2D eigenvalue weighted by Crippen LogP contribution is -2.08. The van der Waals surface area contributed by atoms with Crippen molar-refractivity contribution >= 4 is 5.97 Å². The highest BCUT2D eigenvalue weighted by Gasteiger charge is 2.07. The molecule has 0 bridgehead atoms. The molecule has 0 unspecified atom stereocenters. The van der Waals surface area contributed by atoms with Crippen LogP contribution in [0, 0.1) is 0 Å². The Morgan fingerprint density at radius 3 is 1.23 bits per heavy atom. The fourth-order valence-electron chi connectivity index (χ4n) is 4.14. The van der Waals surface area contributed by atoms with Gasteiger partial charge in [-0.3, -0.25) is 0 Å². The second kappa shape index (κ2) is 25.5. The zero-order valence-corrected chi connectivity index (χ0v) is 21.5.